The number of amides is 1. The third kappa shape index (κ3) is 3.80. The van der Waals surface area contributed by atoms with Gasteiger partial charge >= 0.3 is 0 Å². The highest BCUT2D eigenvalue weighted by Crippen LogP contribution is 2.21. The largest absolute Gasteiger partial charge is 0.497 e. The molecule has 1 unspecified atom stereocenters. The van der Waals surface area contributed by atoms with Crippen LogP contribution in [0.4, 0.5) is 0 Å². The van der Waals surface area contributed by atoms with Crippen molar-refractivity contribution in [2.75, 3.05) is 13.7 Å². The van der Waals surface area contributed by atoms with Gasteiger partial charge in [-0.15, -0.1) is 0 Å². The van der Waals surface area contributed by atoms with Gasteiger partial charge < -0.3 is 15.2 Å². The number of benzene rings is 1. The summed E-state index contributed by atoms with van der Waals surface area (Å²) in [7, 11) is 1.61. The van der Waals surface area contributed by atoms with E-state index in [4.69, 9.17) is 4.74 Å². The molecule has 0 bridgehead atoms. The van der Waals surface area contributed by atoms with Gasteiger partial charge in [0.05, 0.1) is 24.4 Å². The van der Waals surface area contributed by atoms with E-state index in [2.05, 4.69) is 9.69 Å². The molecule has 0 aliphatic rings. The zero-order valence-corrected chi connectivity index (χ0v) is 12.8. The van der Waals surface area contributed by atoms with Crippen molar-refractivity contribution in [2.45, 2.75) is 19.4 Å². The first-order valence-corrected chi connectivity index (χ1v) is 7.46. The van der Waals surface area contributed by atoms with E-state index in [1.165, 1.54) is 11.5 Å². The second-order valence-corrected chi connectivity index (χ2v) is 5.25. The molecule has 0 spiro atoms. The number of aliphatic hydroxyl groups is 1. The maximum Gasteiger partial charge on any atom is 0.254 e. The van der Waals surface area contributed by atoms with Crippen LogP contribution < -0.4 is 10.1 Å². The number of hydrogen-bond donors (Lipinski definition) is 2. The molecule has 0 fully saturated rings. The van der Waals surface area contributed by atoms with E-state index >= 15 is 0 Å². The molecule has 0 radical (unpaired) electrons. The van der Waals surface area contributed by atoms with Gasteiger partial charge in [0.2, 0.25) is 0 Å². The van der Waals surface area contributed by atoms with Gasteiger partial charge in [-0.05, 0) is 42.6 Å². The average Bonchev–Trinajstić information content (AvgIpc) is 2.93. The molecule has 1 aromatic heterocycles. The lowest BCUT2D eigenvalue weighted by molar-refractivity contribution is 0.0929. The summed E-state index contributed by atoms with van der Waals surface area (Å²) in [6.45, 7) is 1.80. The van der Waals surface area contributed by atoms with Crippen molar-refractivity contribution in [1.82, 2.24) is 9.69 Å². The number of hydrogen-bond acceptors (Lipinski definition) is 5. The lowest BCUT2D eigenvalue weighted by Crippen LogP contribution is -2.29. The number of carbonyl (C=O) groups is 1. The highest BCUT2D eigenvalue weighted by molar-refractivity contribution is 7.03. The van der Waals surface area contributed by atoms with Gasteiger partial charge in [-0.1, -0.05) is 12.1 Å². The van der Waals surface area contributed by atoms with Crippen LogP contribution in [0, 0.1) is 6.92 Å². The van der Waals surface area contributed by atoms with Crippen molar-refractivity contribution < 1.29 is 14.6 Å². The molecule has 112 valence electrons. The first-order valence-electron chi connectivity index (χ1n) is 6.62. The lowest BCUT2D eigenvalue weighted by atomic mass is 10.0. The molecule has 0 aliphatic heterocycles. The molecule has 2 aromatic rings. The molecule has 5 nitrogen and oxygen atoms in total. The molecule has 1 aromatic carbocycles. The number of aryl methyl sites for hydroxylation is 1. The zero-order valence-electron chi connectivity index (χ0n) is 12.0. The number of rotatable bonds is 6. The van der Waals surface area contributed by atoms with Gasteiger partial charge in [-0.3, -0.25) is 4.79 Å². The SMILES string of the molecule is COc1ccc(C(CCO)NC(=O)c2csnc2C)cc1. The van der Waals surface area contributed by atoms with E-state index in [9.17, 15) is 9.90 Å². The summed E-state index contributed by atoms with van der Waals surface area (Å²) >= 11 is 1.26. The smallest absolute Gasteiger partial charge is 0.254 e. The van der Waals surface area contributed by atoms with Gasteiger partial charge in [0.1, 0.15) is 5.75 Å². The predicted octanol–water partition coefficient (Wildman–Crippen LogP) is 2.31. The predicted molar refractivity (Wildman–Crippen MR) is 81.8 cm³/mol. The number of ether oxygens (including phenoxy) is 1. The fourth-order valence-corrected chi connectivity index (χ4v) is 2.73. The highest BCUT2D eigenvalue weighted by Gasteiger charge is 2.17. The van der Waals surface area contributed by atoms with Crippen molar-refractivity contribution in [3.8, 4) is 5.75 Å². The Hall–Kier alpha value is -1.92. The van der Waals surface area contributed by atoms with Crippen LogP contribution >= 0.6 is 11.5 Å². The lowest BCUT2D eigenvalue weighted by Gasteiger charge is -2.18. The van der Waals surface area contributed by atoms with Crippen molar-refractivity contribution in [1.29, 1.82) is 0 Å². The number of carbonyl (C=O) groups excluding carboxylic acids is 1. The standard InChI is InChI=1S/C15H18N2O3S/c1-10-13(9-21-17-10)15(19)16-14(7-8-18)11-3-5-12(20-2)6-4-11/h3-6,9,14,18H,7-8H2,1-2H3,(H,16,19). The summed E-state index contributed by atoms with van der Waals surface area (Å²) in [5.41, 5.74) is 2.23. The van der Waals surface area contributed by atoms with Crippen LogP contribution in [0.5, 0.6) is 5.75 Å². The van der Waals surface area contributed by atoms with Crippen LogP contribution in [0.15, 0.2) is 29.6 Å². The molecule has 6 heteroatoms. The van der Waals surface area contributed by atoms with Crippen molar-refractivity contribution in [2.24, 2.45) is 0 Å². The monoisotopic (exact) mass is 306 g/mol. The quantitative estimate of drug-likeness (QED) is 0.859. The van der Waals surface area contributed by atoms with Crippen molar-refractivity contribution in [3.63, 3.8) is 0 Å². The highest BCUT2D eigenvalue weighted by atomic mass is 32.1. The Kier molecular flexibility index (Phi) is 5.30. The molecule has 21 heavy (non-hydrogen) atoms. The summed E-state index contributed by atoms with van der Waals surface area (Å²) in [5, 5.41) is 13.9. The van der Waals surface area contributed by atoms with Crippen LogP contribution in [0.1, 0.15) is 34.1 Å². The maximum absolute atomic E-state index is 12.3. The summed E-state index contributed by atoms with van der Waals surface area (Å²) in [6.07, 6.45) is 0.453. The Labute approximate surface area is 127 Å². The van der Waals surface area contributed by atoms with Gasteiger partial charge in [-0.25, -0.2) is 0 Å². The Bertz CT molecular complexity index is 595. The van der Waals surface area contributed by atoms with Crippen LogP contribution in [0.25, 0.3) is 0 Å². The van der Waals surface area contributed by atoms with Gasteiger partial charge in [0.15, 0.2) is 0 Å². The molecule has 2 N–H and O–H groups in total. The maximum atomic E-state index is 12.3. The number of aliphatic hydroxyl groups excluding tert-OH is 1. The number of methoxy groups -OCH3 is 1. The topological polar surface area (TPSA) is 71.5 Å². The van der Waals surface area contributed by atoms with Crippen molar-refractivity contribution >= 4 is 17.4 Å². The third-order valence-electron chi connectivity index (χ3n) is 3.24. The minimum Gasteiger partial charge on any atom is -0.497 e. The summed E-state index contributed by atoms with van der Waals surface area (Å²) in [4.78, 5) is 12.3. The molecule has 0 saturated heterocycles. The summed E-state index contributed by atoms with van der Waals surface area (Å²) < 4.78 is 9.22. The van der Waals surface area contributed by atoms with Crippen LogP contribution in [0.3, 0.4) is 0 Å². The van der Waals surface area contributed by atoms with E-state index in [1.807, 2.05) is 24.3 Å². The molecule has 1 heterocycles. The second-order valence-electron chi connectivity index (χ2n) is 4.63. The average molecular weight is 306 g/mol. The van der Waals surface area contributed by atoms with Crippen molar-refractivity contribution in [3.05, 3.63) is 46.5 Å². The molecule has 1 atom stereocenters. The fraction of sp³-hybridized carbons (Fsp3) is 0.333. The number of aromatic nitrogens is 1. The summed E-state index contributed by atoms with van der Waals surface area (Å²) in [6, 6.07) is 7.20. The minimum absolute atomic E-state index is 0.00214. The molecular weight excluding hydrogens is 288 g/mol. The Morgan fingerprint density at radius 1 is 1.43 bits per heavy atom. The molecule has 0 aliphatic carbocycles. The van der Waals surface area contributed by atoms with Gasteiger partial charge in [-0.2, -0.15) is 4.37 Å². The first-order chi connectivity index (χ1) is 10.2. The van der Waals surface area contributed by atoms with E-state index in [1.54, 1.807) is 19.4 Å². The molecule has 1 amide bonds. The van der Waals surface area contributed by atoms with Crippen LogP contribution in [-0.4, -0.2) is 29.1 Å². The minimum atomic E-state index is -0.243. The Balaban J connectivity index is 2.14. The number of nitrogens with zero attached hydrogens (tertiary/aromatic N) is 1. The molecular formula is C15H18N2O3S. The van der Waals surface area contributed by atoms with Gasteiger partial charge in [0.25, 0.3) is 5.91 Å². The van der Waals surface area contributed by atoms with E-state index < -0.39 is 0 Å². The van der Waals surface area contributed by atoms with E-state index in [0.29, 0.717) is 12.0 Å². The second kappa shape index (κ2) is 7.19. The van der Waals surface area contributed by atoms with Crippen LogP contribution in [0.2, 0.25) is 0 Å². The third-order valence-corrected chi connectivity index (χ3v) is 3.96. The van der Waals surface area contributed by atoms with Gasteiger partial charge in [0, 0.05) is 12.0 Å². The zero-order chi connectivity index (χ0) is 15.2. The molecule has 2 rings (SSSR count). The molecule has 0 saturated carbocycles. The first kappa shape index (κ1) is 15.5. The Morgan fingerprint density at radius 3 is 2.67 bits per heavy atom. The van der Waals surface area contributed by atoms with E-state index in [-0.39, 0.29) is 18.6 Å². The van der Waals surface area contributed by atoms with Crippen LogP contribution in [-0.2, 0) is 0 Å². The Morgan fingerprint density at radius 2 is 2.14 bits per heavy atom. The fourth-order valence-electron chi connectivity index (χ4n) is 2.03. The van der Waals surface area contributed by atoms with E-state index in [0.717, 1.165) is 17.0 Å². The number of nitrogens with one attached hydrogen (secondary N) is 1. The normalized spacial score (nSPS) is 12.0. The summed E-state index contributed by atoms with van der Waals surface area (Å²) in [5.74, 6) is 0.584.